The van der Waals surface area contributed by atoms with Crippen LogP contribution in [0.2, 0.25) is 0 Å². The van der Waals surface area contributed by atoms with Crippen LogP contribution in [0.4, 0.5) is 0 Å². The molecule has 2 rings (SSSR count). The molecule has 0 aliphatic carbocycles. The number of carboxylic acids is 1. The molecule has 0 aromatic heterocycles. The van der Waals surface area contributed by atoms with Gasteiger partial charge in [-0.25, -0.2) is 0 Å². The van der Waals surface area contributed by atoms with Crippen LogP contribution in [0.25, 0.3) is 0 Å². The third-order valence-electron chi connectivity index (χ3n) is 3.89. The topological polar surface area (TPSA) is 86.7 Å². The summed E-state index contributed by atoms with van der Waals surface area (Å²) in [6.07, 6.45) is 1.72. The Morgan fingerprint density at radius 1 is 1.44 bits per heavy atom. The van der Waals surface area contributed by atoms with Gasteiger partial charge in [0.25, 0.3) is 0 Å². The summed E-state index contributed by atoms with van der Waals surface area (Å²) in [7, 11) is 0. The van der Waals surface area contributed by atoms with E-state index in [2.05, 4.69) is 5.32 Å². The number of likely N-dealkylation sites (tertiary alicyclic amines) is 1. The third kappa shape index (κ3) is 2.12. The number of imide groups is 1. The fourth-order valence-electron chi connectivity index (χ4n) is 3.05. The molecule has 2 N–H and O–H groups in total. The smallest absolute Gasteiger partial charge is 0.321 e. The molecule has 0 spiro atoms. The minimum absolute atomic E-state index is 0.0681. The fraction of sp³-hybridized carbons (Fsp3) is 0.750. The highest BCUT2D eigenvalue weighted by atomic mass is 16.4. The maximum Gasteiger partial charge on any atom is 0.321 e. The van der Waals surface area contributed by atoms with E-state index in [4.69, 9.17) is 0 Å². The molecule has 2 amide bonds. The summed E-state index contributed by atoms with van der Waals surface area (Å²) in [5.74, 6) is -1.62. The molecule has 6 nitrogen and oxygen atoms in total. The van der Waals surface area contributed by atoms with Gasteiger partial charge in [0.2, 0.25) is 11.8 Å². The first-order valence-electron chi connectivity index (χ1n) is 6.15. The molecule has 2 fully saturated rings. The van der Waals surface area contributed by atoms with E-state index in [0.29, 0.717) is 6.54 Å². The van der Waals surface area contributed by atoms with E-state index in [0.717, 1.165) is 12.8 Å². The zero-order chi connectivity index (χ0) is 13.5. The molecule has 2 saturated heterocycles. The van der Waals surface area contributed by atoms with Gasteiger partial charge in [-0.15, -0.1) is 0 Å². The standard InChI is InChI=1S/C12H18N2O4/c1-12(2)4-3-5-14(9(12)11(17)18)7-6-8(15)13-10(7)16/h7,9H,3-6H2,1-2H3,(H,17,18)(H,13,15,16). The Hall–Kier alpha value is -1.43. The SMILES string of the molecule is CC1(C)CCCN(C2CC(=O)NC2=O)C1C(=O)O. The van der Waals surface area contributed by atoms with Gasteiger partial charge in [0.05, 0.1) is 12.5 Å². The predicted octanol–water partition coefficient (Wildman–Crippen LogP) is -0.0233. The molecule has 100 valence electrons. The molecule has 0 saturated carbocycles. The van der Waals surface area contributed by atoms with E-state index < -0.39 is 23.5 Å². The Labute approximate surface area is 105 Å². The molecule has 0 aromatic carbocycles. The fourth-order valence-corrected chi connectivity index (χ4v) is 3.05. The lowest BCUT2D eigenvalue weighted by Crippen LogP contribution is -2.59. The average Bonchev–Trinajstić information content (AvgIpc) is 2.55. The highest BCUT2D eigenvalue weighted by Crippen LogP contribution is 2.37. The summed E-state index contributed by atoms with van der Waals surface area (Å²) < 4.78 is 0. The van der Waals surface area contributed by atoms with Gasteiger partial charge >= 0.3 is 5.97 Å². The van der Waals surface area contributed by atoms with Crippen molar-refractivity contribution in [2.45, 2.75) is 45.2 Å². The lowest BCUT2D eigenvalue weighted by molar-refractivity contribution is -0.153. The van der Waals surface area contributed by atoms with Crippen molar-refractivity contribution in [1.82, 2.24) is 10.2 Å². The number of rotatable bonds is 2. The van der Waals surface area contributed by atoms with Crippen LogP contribution in [-0.4, -0.2) is 46.4 Å². The molecule has 2 aliphatic heterocycles. The Kier molecular flexibility index (Phi) is 3.14. The van der Waals surface area contributed by atoms with Crippen LogP contribution in [-0.2, 0) is 14.4 Å². The second-order valence-corrected chi connectivity index (χ2v) is 5.70. The summed E-state index contributed by atoms with van der Waals surface area (Å²) in [5, 5.41) is 11.6. The lowest BCUT2D eigenvalue weighted by Gasteiger charge is -2.45. The van der Waals surface area contributed by atoms with Crippen LogP contribution >= 0.6 is 0 Å². The Balaban J connectivity index is 2.27. The van der Waals surface area contributed by atoms with Crippen LogP contribution in [0.15, 0.2) is 0 Å². The van der Waals surface area contributed by atoms with E-state index in [1.165, 1.54) is 0 Å². The first-order valence-corrected chi connectivity index (χ1v) is 6.15. The van der Waals surface area contributed by atoms with Gasteiger partial charge in [-0.05, 0) is 24.8 Å². The lowest BCUT2D eigenvalue weighted by atomic mass is 9.75. The molecule has 2 aliphatic rings. The quantitative estimate of drug-likeness (QED) is 0.676. The number of carboxylic acid groups (broad SMARTS) is 1. The molecule has 2 heterocycles. The summed E-state index contributed by atoms with van der Waals surface area (Å²) in [6.45, 7) is 4.34. The van der Waals surface area contributed by atoms with Crippen molar-refractivity contribution < 1.29 is 19.5 Å². The van der Waals surface area contributed by atoms with Crippen LogP contribution in [0.1, 0.15) is 33.1 Å². The molecular weight excluding hydrogens is 236 g/mol. The molecule has 18 heavy (non-hydrogen) atoms. The second kappa shape index (κ2) is 4.35. The molecule has 2 atom stereocenters. The normalized spacial score (nSPS) is 32.3. The van der Waals surface area contributed by atoms with Crippen LogP contribution in [0.5, 0.6) is 0 Å². The van der Waals surface area contributed by atoms with E-state index in [-0.39, 0.29) is 18.2 Å². The van der Waals surface area contributed by atoms with Crippen molar-refractivity contribution >= 4 is 17.8 Å². The molecular formula is C12H18N2O4. The number of amides is 2. The number of aliphatic carboxylic acids is 1. The third-order valence-corrected chi connectivity index (χ3v) is 3.89. The Morgan fingerprint density at radius 3 is 2.61 bits per heavy atom. The first kappa shape index (κ1) is 13.0. The Morgan fingerprint density at radius 2 is 2.11 bits per heavy atom. The highest BCUT2D eigenvalue weighted by molar-refractivity contribution is 6.05. The van der Waals surface area contributed by atoms with Crippen LogP contribution in [0, 0.1) is 5.41 Å². The van der Waals surface area contributed by atoms with Gasteiger partial charge in [-0.3, -0.25) is 24.6 Å². The van der Waals surface area contributed by atoms with Gasteiger partial charge < -0.3 is 5.11 Å². The van der Waals surface area contributed by atoms with Crippen molar-refractivity contribution in [3.63, 3.8) is 0 Å². The van der Waals surface area contributed by atoms with Gasteiger partial charge in [0, 0.05) is 0 Å². The summed E-state index contributed by atoms with van der Waals surface area (Å²) in [4.78, 5) is 36.1. The Bertz CT molecular complexity index is 405. The van der Waals surface area contributed by atoms with Gasteiger partial charge in [0.1, 0.15) is 6.04 Å². The summed E-state index contributed by atoms with van der Waals surface area (Å²) in [6, 6.07) is -1.34. The van der Waals surface area contributed by atoms with Gasteiger partial charge in [-0.1, -0.05) is 13.8 Å². The zero-order valence-electron chi connectivity index (χ0n) is 10.6. The summed E-state index contributed by atoms with van der Waals surface area (Å²) >= 11 is 0. The number of carbonyl (C=O) groups excluding carboxylic acids is 2. The molecule has 0 aromatic rings. The highest BCUT2D eigenvalue weighted by Gasteiger charge is 2.48. The number of hydrogen-bond donors (Lipinski definition) is 2. The zero-order valence-corrected chi connectivity index (χ0v) is 10.6. The second-order valence-electron chi connectivity index (χ2n) is 5.70. The maximum absolute atomic E-state index is 11.7. The number of nitrogens with zero attached hydrogens (tertiary/aromatic N) is 1. The van der Waals surface area contributed by atoms with E-state index in [9.17, 15) is 19.5 Å². The van der Waals surface area contributed by atoms with Crippen molar-refractivity contribution in [3.05, 3.63) is 0 Å². The van der Waals surface area contributed by atoms with E-state index in [1.807, 2.05) is 13.8 Å². The number of nitrogens with one attached hydrogen (secondary N) is 1. The van der Waals surface area contributed by atoms with Crippen molar-refractivity contribution in [2.24, 2.45) is 5.41 Å². The minimum atomic E-state index is -0.924. The van der Waals surface area contributed by atoms with Crippen LogP contribution in [0.3, 0.4) is 0 Å². The predicted molar refractivity (Wildman–Crippen MR) is 62.7 cm³/mol. The molecule has 6 heteroatoms. The summed E-state index contributed by atoms with van der Waals surface area (Å²) in [5.41, 5.74) is -0.393. The van der Waals surface area contributed by atoms with E-state index in [1.54, 1.807) is 4.90 Å². The largest absolute Gasteiger partial charge is 0.480 e. The minimum Gasteiger partial charge on any atom is -0.480 e. The van der Waals surface area contributed by atoms with Crippen molar-refractivity contribution in [3.8, 4) is 0 Å². The van der Waals surface area contributed by atoms with Gasteiger partial charge in [-0.2, -0.15) is 0 Å². The maximum atomic E-state index is 11.7. The van der Waals surface area contributed by atoms with Gasteiger partial charge in [0.15, 0.2) is 0 Å². The average molecular weight is 254 g/mol. The van der Waals surface area contributed by atoms with Crippen molar-refractivity contribution in [1.29, 1.82) is 0 Å². The molecule has 0 radical (unpaired) electrons. The molecule has 0 bridgehead atoms. The number of piperidine rings is 1. The number of hydrogen-bond acceptors (Lipinski definition) is 4. The molecule has 2 unspecified atom stereocenters. The van der Waals surface area contributed by atoms with Crippen molar-refractivity contribution in [2.75, 3.05) is 6.54 Å². The van der Waals surface area contributed by atoms with Crippen LogP contribution < -0.4 is 5.32 Å². The number of carbonyl (C=O) groups is 3. The van der Waals surface area contributed by atoms with E-state index >= 15 is 0 Å². The monoisotopic (exact) mass is 254 g/mol. The first-order chi connectivity index (χ1) is 8.33.